The molecule has 3 heterocycles. The van der Waals surface area contributed by atoms with Crippen molar-refractivity contribution in [3.05, 3.63) is 70.3 Å². The number of halogens is 3. The number of hydrogen-bond acceptors (Lipinski definition) is 18. The number of nitrogens with zero attached hydrogens (tertiary/aromatic N) is 2. The normalized spacial score (nSPS) is 24.5. The Labute approximate surface area is 534 Å². The minimum atomic E-state index is -1.93. The molecular weight excluding hydrogens is 1300 g/mol. The number of amides is 7. The van der Waals surface area contributed by atoms with Gasteiger partial charge in [-0.2, -0.15) is 0 Å². The first-order valence-corrected chi connectivity index (χ1v) is 31.4. The Morgan fingerprint density at radius 3 is 2.36 bits per heavy atom. The van der Waals surface area contributed by atoms with Gasteiger partial charge in [0.25, 0.3) is 5.91 Å². The number of urea groups is 1. The van der Waals surface area contributed by atoms with Crippen LogP contribution in [0.1, 0.15) is 102 Å². The summed E-state index contributed by atoms with van der Waals surface area (Å²) in [4.78, 5) is 122. The quantitative estimate of drug-likeness (QED) is 0.0137. The highest BCUT2D eigenvalue weighted by atomic mass is 79.9. The number of carbonyl (C=O) groups is 9. The van der Waals surface area contributed by atoms with Gasteiger partial charge in [0.05, 0.1) is 43.1 Å². The number of phenols is 1. The average Bonchev–Trinajstić information content (AvgIpc) is 2.13. The van der Waals surface area contributed by atoms with Gasteiger partial charge >= 0.3 is 18.1 Å². The van der Waals surface area contributed by atoms with E-state index in [0.717, 1.165) is 28.4 Å². The SMILES string of the molecule is COc1cc2cc(c1Cl)N(C)C(=O)C[C@H](OC(=O)[C@H](C)N(C)C(=O)c1ccc(NC(=O)[C@H](CCCNC(N)=O)NC(=O)[C@@H](N[C@H](C=O)CCCCOC(C=O)(CBr)CBr)C(C)C)c(O)c1)[C@]1(C)O[C@H]1[C@H](C)[C@@H]1C[C@@](O)(NC(=O)O1)[C@H](OC)/C=C/C=C(\C)C2. The number of nitrogens with one attached hydrogen (secondary N) is 5. The van der Waals surface area contributed by atoms with Gasteiger partial charge in [0.15, 0.2) is 12.0 Å². The lowest BCUT2D eigenvalue weighted by molar-refractivity contribution is -0.158. The van der Waals surface area contributed by atoms with Gasteiger partial charge in [0.2, 0.25) is 17.7 Å². The Kier molecular flexibility index (Phi) is 26.8. The number of alkyl carbamates (subject to hydrolysis) is 1. The zero-order valence-corrected chi connectivity index (χ0v) is 55.1. The molecule has 25 nitrogen and oxygen atoms in total. The van der Waals surface area contributed by atoms with Gasteiger partial charge in [-0.3, -0.25) is 29.8 Å². The second-order valence-electron chi connectivity index (χ2n) is 23.0. The van der Waals surface area contributed by atoms with Crippen LogP contribution >= 0.6 is 43.5 Å². The molecule has 5 rings (SSSR count). The van der Waals surface area contributed by atoms with E-state index in [2.05, 4.69) is 58.4 Å². The largest absolute Gasteiger partial charge is 0.506 e. The molecule has 88 heavy (non-hydrogen) atoms. The van der Waals surface area contributed by atoms with E-state index in [9.17, 15) is 53.4 Å². The van der Waals surface area contributed by atoms with E-state index in [4.69, 9.17) is 45.8 Å². The van der Waals surface area contributed by atoms with Gasteiger partial charge < -0.3 is 79.7 Å². The van der Waals surface area contributed by atoms with Gasteiger partial charge in [-0.15, -0.1) is 0 Å². The second kappa shape index (κ2) is 32.5. The number of alkyl halides is 2. The van der Waals surface area contributed by atoms with Crippen molar-refractivity contribution in [1.82, 2.24) is 26.2 Å². The third-order valence-electron chi connectivity index (χ3n) is 16.0. The Morgan fingerprint density at radius 1 is 1.05 bits per heavy atom. The lowest BCUT2D eigenvalue weighted by Gasteiger charge is -2.42. The van der Waals surface area contributed by atoms with Gasteiger partial charge in [-0.1, -0.05) is 88.0 Å². The number of epoxide rings is 1. The third-order valence-corrected chi connectivity index (χ3v) is 18.3. The molecule has 0 aliphatic carbocycles. The molecule has 7 amide bonds. The highest BCUT2D eigenvalue weighted by molar-refractivity contribution is 9.10. The summed E-state index contributed by atoms with van der Waals surface area (Å²) in [6.45, 7) is 10.5. The summed E-state index contributed by atoms with van der Waals surface area (Å²) in [6.07, 6.45) is 2.76. The summed E-state index contributed by atoms with van der Waals surface area (Å²) in [7, 11) is 5.67. The van der Waals surface area contributed by atoms with Crippen molar-refractivity contribution >= 4 is 109 Å². The number of nitrogens with two attached hydrogens (primary N) is 1. The number of fused-ring (bicyclic) bond motifs is 5. The monoisotopic (exact) mass is 1380 g/mol. The predicted molar refractivity (Wildman–Crippen MR) is 334 cm³/mol. The number of unbranched alkanes of at least 4 members (excludes halogenated alkanes) is 1. The lowest BCUT2D eigenvalue weighted by atomic mass is 9.83. The molecular formula is C60H83Br2ClN8O17. The van der Waals surface area contributed by atoms with Crippen molar-refractivity contribution in [1.29, 1.82) is 0 Å². The summed E-state index contributed by atoms with van der Waals surface area (Å²) >= 11 is 13.4. The molecule has 0 aromatic heterocycles. The number of aromatic hydroxyl groups is 1. The average molecular weight is 1380 g/mol. The van der Waals surface area contributed by atoms with Crippen LogP contribution in [-0.2, 0) is 58.9 Å². The van der Waals surface area contributed by atoms with E-state index < -0.39 is 125 Å². The molecule has 2 aromatic rings. The number of phenolic OH excluding ortho intramolecular Hbond substituents is 1. The highest BCUT2D eigenvalue weighted by Crippen LogP contribution is 2.49. The van der Waals surface area contributed by atoms with Crippen LogP contribution in [0.15, 0.2) is 54.1 Å². The Morgan fingerprint density at radius 2 is 1.75 bits per heavy atom. The van der Waals surface area contributed by atoms with Gasteiger partial charge in [0.1, 0.15) is 64.4 Å². The third kappa shape index (κ3) is 18.7. The van der Waals surface area contributed by atoms with Crippen molar-refractivity contribution in [2.24, 2.45) is 17.6 Å². The molecule has 0 spiro atoms. The molecule has 11 atom stereocenters. The number of benzene rings is 2. The molecule has 2 saturated heterocycles. The molecule has 28 heteroatoms. The van der Waals surface area contributed by atoms with Crippen LogP contribution in [0.2, 0.25) is 5.02 Å². The van der Waals surface area contributed by atoms with Crippen molar-refractivity contribution < 1.29 is 81.8 Å². The summed E-state index contributed by atoms with van der Waals surface area (Å²) in [5, 5.41) is 37.3. The number of aldehydes is 2. The number of aliphatic hydroxyl groups is 1. The Balaban J connectivity index is 1.34. The summed E-state index contributed by atoms with van der Waals surface area (Å²) < 4.78 is 35.3. The number of methoxy groups -OCH3 is 2. The molecule has 2 aromatic carbocycles. The van der Waals surface area contributed by atoms with Gasteiger partial charge in [-0.05, 0) is 101 Å². The van der Waals surface area contributed by atoms with Gasteiger partial charge in [-0.25, -0.2) is 14.4 Å². The first-order valence-electron chi connectivity index (χ1n) is 28.8. The maximum atomic E-state index is 14.5. The minimum absolute atomic E-state index is 0.0158. The van der Waals surface area contributed by atoms with Crippen LogP contribution in [0.25, 0.3) is 0 Å². The highest BCUT2D eigenvalue weighted by Gasteiger charge is 2.64. The molecule has 486 valence electrons. The summed E-state index contributed by atoms with van der Waals surface area (Å²) in [5.41, 5.74) is 2.51. The van der Waals surface area contributed by atoms with Crippen LogP contribution < -0.4 is 42.0 Å². The van der Waals surface area contributed by atoms with E-state index in [-0.39, 0.29) is 65.3 Å². The maximum absolute atomic E-state index is 14.5. The number of rotatable bonds is 27. The van der Waals surface area contributed by atoms with Crippen molar-refractivity contribution in [3.63, 3.8) is 0 Å². The molecule has 3 aliphatic heterocycles. The number of primary amides is 1. The minimum Gasteiger partial charge on any atom is -0.506 e. The number of ether oxygens (including phenoxy) is 6. The molecule has 0 unspecified atom stereocenters. The van der Waals surface area contributed by atoms with E-state index in [0.29, 0.717) is 43.4 Å². The molecule has 0 radical (unpaired) electrons. The number of esters is 1. The van der Waals surface area contributed by atoms with Crippen molar-refractivity contribution in [3.8, 4) is 11.5 Å². The maximum Gasteiger partial charge on any atom is 0.409 e. The number of allylic oxidation sites excluding steroid dienone is 3. The topological polar surface area (TPSA) is 345 Å². The molecule has 2 fully saturated rings. The lowest BCUT2D eigenvalue weighted by Crippen LogP contribution is -2.63. The van der Waals surface area contributed by atoms with E-state index in [1.54, 1.807) is 52.0 Å². The van der Waals surface area contributed by atoms with Crippen LogP contribution in [0, 0.1) is 11.8 Å². The first-order chi connectivity index (χ1) is 41.5. The second-order valence-corrected chi connectivity index (χ2v) is 24.5. The zero-order valence-electron chi connectivity index (χ0n) is 51.2. The van der Waals surface area contributed by atoms with Crippen molar-refractivity contribution in [2.45, 2.75) is 158 Å². The van der Waals surface area contributed by atoms with Crippen LogP contribution in [0.5, 0.6) is 11.5 Å². The van der Waals surface area contributed by atoms with E-state index >= 15 is 0 Å². The number of hydrogen-bond donors (Lipinski definition) is 8. The van der Waals surface area contributed by atoms with Crippen molar-refractivity contribution in [2.75, 3.05) is 62.3 Å². The van der Waals surface area contributed by atoms with E-state index in [1.807, 2.05) is 13.0 Å². The fourth-order valence-corrected chi connectivity index (χ4v) is 12.2. The van der Waals surface area contributed by atoms with Crippen LogP contribution in [0.3, 0.4) is 0 Å². The molecule has 0 saturated carbocycles. The standard InChI is InChI=1S/C60H83Br2ClN8O17/c1-33(2)50(66-39(29-72)16-11-12-22-85-59(30-61,31-62)32-73)53(77)68-41(17-14-21-65-56(64)80)52(76)67-40-20-19-38(26-43(40)74)54(78)70(7)36(5)55(79)87-47-27-48(75)71(8)42-24-37(25-44(83-9)49(42)63)23-34(3)15-13-18-46(84-10)60(82)28-45(86-57(81)69-60)35(4)51-58(47,6)88-51/h13,15,18-20,24-26,29,32-33,35-36,39,41,45-47,50-51,66,74,82H,11-12,14,16-17,21-23,27-28,30-31H2,1-10H3,(H,67,76)(H,68,77)(H,69,81)(H3,64,65,80)/b18-13+,34-15+/t35-,36+,39+,41+,45+,46-,47+,50+,51+,58+,60+/m1/s1. The van der Waals surface area contributed by atoms with Gasteiger partial charge in [0, 0.05) is 62.9 Å². The Bertz CT molecular complexity index is 2920. The number of likely N-dealkylation sites (N-methyl/N-ethyl adjacent to an activating group) is 1. The fourth-order valence-electron chi connectivity index (χ4n) is 10.4. The summed E-state index contributed by atoms with van der Waals surface area (Å²) in [5.74, 6) is -4.96. The molecule has 9 N–H and O–H groups in total. The van der Waals surface area contributed by atoms with Crippen LogP contribution in [0.4, 0.5) is 21.0 Å². The summed E-state index contributed by atoms with van der Waals surface area (Å²) in [6, 6.07) is 1.99. The smallest absolute Gasteiger partial charge is 0.409 e. The van der Waals surface area contributed by atoms with E-state index in [1.165, 1.54) is 52.3 Å². The molecule has 4 bridgehead atoms. The number of carbonyl (C=O) groups excluding carboxylic acids is 9. The molecule has 3 aliphatic rings. The fraction of sp³-hybridized carbons (Fsp3) is 0.583. The first kappa shape index (κ1) is 72.5. The zero-order chi connectivity index (χ0) is 65.4. The predicted octanol–water partition coefficient (Wildman–Crippen LogP) is 5.50. The Hall–Kier alpha value is -6.20. The van der Waals surface area contributed by atoms with Crippen LogP contribution in [-0.4, -0.2) is 187 Å². The number of anilines is 2.